The van der Waals surface area contributed by atoms with Crippen molar-refractivity contribution in [1.82, 2.24) is 9.97 Å². The molecule has 0 unspecified atom stereocenters. The first-order valence-corrected chi connectivity index (χ1v) is 8.83. The van der Waals surface area contributed by atoms with Gasteiger partial charge < -0.3 is 0 Å². The fourth-order valence-electron chi connectivity index (χ4n) is 2.77. The highest BCUT2D eigenvalue weighted by Gasteiger charge is 2.32. The van der Waals surface area contributed by atoms with Crippen molar-refractivity contribution in [2.45, 2.75) is 6.42 Å². The third kappa shape index (κ3) is 2.81. The van der Waals surface area contributed by atoms with Crippen LogP contribution in [0.3, 0.4) is 0 Å². The first-order chi connectivity index (χ1) is 12.1. The number of fused-ring (bicyclic) bond motifs is 1. The molecule has 0 radical (unpaired) electrons. The second-order valence-electron chi connectivity index (χ2n) is 5.56. The van der Waals surface area contributed by atoms with Crippen molar-refractivity contribution in [3.8, 4) is 10.6 Å². The number of pyridine rings is 1. The van der Waals surface area contributed by atoms with Gasteiger partial charge in [0, 0.05) is 35.3 Å². The zero-order valence-electron chi connectivity index (χ0n) is 12.9. The van der Waals surface area contributed by atoms with Crippen LogP contribution in [-0.4, -0.2) is 21.5 Å². The molecule has 4 rings (SSSR count). The van der Waals surface area contributed by atoms with Gasteiger partial charge in [0.2, 0.25) is 5.78 Å². The Morgan fingerprint density at radius 2 is 1.76 bits per heavy atom. The fourth-order valence-corrected chi connectivity index (χ4v) is 3.65. The van der Waals surface area contributed by atoms with E-state index in [1.807, 2.05) is 29.6 Å². The molecule has 4 nitrogen and oxygen atoms in total. The van der Waals surface area contributed by atoms with Gasteiger partial charge in [0.25, 0.3) is 0 Å². The Morgan fingerprint density at radius 1 is 0.960 bits per heavy atom. The van der Waals surface area contributed by atoms with Crippen molar-refractivity contribution in [2.24, 2.45) is 0 Å². The van der Waals surface area contributed by atoms with E-state index in [9.17, 15) is 9.59 Å². The third-order valence-corrected chi connectivity index (χ3v) is 5.24. The highest BCUT2D eigenvalue weighted by atomic mass is 35.5. The quantitative estimate of drug-likeness (QED) is 0.692. The topological polar surface area (TPSA) is 59.9 Å². The highest BCUT2D eigenvalue weighted by molar-refractivity contribution is 7.13. The Morgan fingerprint density at radius 3 is 2.48 bits per heavy atom. The number of rotatable bonds is 3. The molecule has 0 bridgehead atoms. The molecule has 6 heteroatoms. The molecule has 0 spiro atoms. The van der Waals surface area contributed by atoms with Crippen LogP contribution >= 0.6 is 22.9 Å². The first kappa shape index (κ1) is 15.9. The van der Waals surface area contributed by atoms with Crippen molar-refractivity contribution in [1.29, 1.82) is 0 Å². The summed E-state index contributed by atoms with van der Waals surface area (Å²) in [5.74, 6) is -0.636. The number of benzene rings is 1. The summed E-state index contributed by atoms with van der Waals surface area (Å²) in [7, 11) is 0. The summed E-state index contributed by atoms with van der Waals surface area (Å²) in [6.45, 7) is 0. The van der Waals surface area contributed by atoms with Gasteiger partial charge in [-0.25, -0.2) is 4.98 Å². The van der Waals surface area contributed by atoms with Gasteiger partial charge in [-0.05, 0) is 17.7 Å². The Balaban J connectivity index is 1.65. The molecular formula is C19H11ClN2O2S. The van der Waals surface area contributed by atoms with E-state index >= 15 is 0 Å². The van der Waals surface area contributed by atoms with Crippen LogP contribution in [0.15, 0.2) is 64.8 Å². The van der Waals surface area contributed by atoms with E-state index in [0.717, 1.165) is 16.1 Å². The summed E-state index contributed by atoms with van der Waals surface area (Å²) in [5.41, 5.74) is 2.67. The Kier molecular flexibility index (Phi) is 4.03. The van der Waals surface area contributed by atoms with Crippen molar-refractivity contribution in [3.63, 3.8) is 0 Å². The minimum atomic E-state index is -0.397. The van der Waals surface area contributed by atoms with Gasteiger partial charge in [0.1, 0.15) is 10.7 Å². The number of halogens is 1. The average Bonchev–Trinajstić information content (AvgIpc) is 3.19. The number of aromatic nitrogens is 2. The van der Waals surface area contributed by atoms with Crippen LogP contribution < -0.4 is 0 Å². The number of ketones is 2. The summed E-state index contributed by atoms with van der Waals surface area (Å²) in [6.07, 6.45) is 3.54. The SMILES string of the molecule is O=C1C(Cc2ccc(-c3nccs3)cc2)=C(Cl)C(=O)c2ncccc21. The largest absolute Gasteiger partial charge is 0.289 e. The molecule has 1 aliphatic rings. The van der Waals surface area contributed by atoms with Gasteiger partial charge in [-0.3, -0.25) is 14.6 Å². The van der Waals surface area contributed by atoms with E-state index in [1.54, 1.807) is 29.7 Å². The number of allylic oxidation sites excluding steroid dienone is 2. The van der Waals surface area contributed by atoms with Gasteiger partial charge in [-0.15, -0.1) is 11.3 Å². The van der Waals surface area contributed by atoms with E-state index < -0.39 is 5.78 Å². The van der Waals surface area contributed by atoms with Gasteiger partial charge in [0.05, 0.1) is 10.6 Å². The standard InChI is InChI=1S/C19H11ClN2O2S/c20-15-14(17(23)13-2-1-7-21-16(13)18(15)24)10-11-3-5-12(6-4-11)19-22-8-9-25-19/h1-9H,10H2. The lowest BCUT2D eigenvalue weighted by atomic mass is 9.89. The molecule has 1 aromatic carbocycles. The summed E-state index contributed by atoms with van der Waals surface area (Å²) in [5, 5.41) is 2.82. The van der Waals surface area contributed by atoms with E-state index in [1.165, 1.54) is 6.20 Å². The molecule has 0 N–H and O–H groups in total. The smallest absolute Gasteiger partial charge is 0.223 e. The van der Waals surface area contributed by atoms with Gasteiger partial charge in [-0.1, -0.05) is 35.9 Å². The van der Waals surface area contributed by atoms with Crippen molar-refractivity contribution >= 4 is 34.5 Å². The van der Waals surface area contributed by atoms with E-state index in [4.69, 9.17) is 11.6 Å². The van der Waals surface area contributed by atoms with Gasteiger partial charge in [0.15, 0.2) is 5.78 Å². The molecule has 0 amide bonds. The van der Waals surface area contributed by atoms with E-state index in [0.29, 0.717) is 17.6 Å². The normalized spacial score (nSPS) is 14.0. The Bertz CT molecular complexity index is 1010. The predicted molar refractivity (Wildman–Crippen MR) is 97.0 cm³/mol. The second kappa shape index (κ2) is 6.35. The van der Waals surface area contributed by atoms with Crippen LogP contribution in [0.5, 0.6) is 0 Å². The molecule has 0 saturated carbocycles. The predicted octanol–water partition coefficient (Wildman–Crippen LogP) is 4.32. The first-order valence-electron chi connectivity index (χ1n) is 7.57. The molecule has 0 fully saturated rings. The number of hydrogen-bond acceptors (Lipinski definition) is 5. The van der Waals surface area contributed by atoms with Gasteiger partial charge >= 0.3 is 0 Å². The lowest BCUT2D eigenvalue weighted by Gasteiger charge is -2.16. The van der Waals surface area contributed by atoms with E-state index in [-0.39, 0.29) is 16.5 Å². The molecule has 2 aromatic heterocycles. The third-order valence-electron chi connectivity index (χ3n) is 4.02. The van der Waals surface area contributed by atoms with Crippen LogP contribution in [0.2, 0.25) is 0 Å². The second-order valence-corrected chi connectivity index (χ2v) is 6.83. The molecule has 25 heavy (non-hydrogen) atoms. The number of carbonyl (C=O) groups excluding carboxylic acids is 2. The summed E-state index contributed by atoms with van der Waals surface area (Å²) in [4.78, 5) is 33.3. The van der Waals surface area contributed by atoms with Crippen LogP contribution in [-0.2, 0) is 6.42 Å². The van der Waals surface area contributed by atoms with E-state index in [2.05, 4.69) is 9.97 Å². The zero-order chi connectivity index (χ0) is 17.4. The maximum absolute atomic E-state index is 12.7. The summed E-state index contributed by atoms with van der Waals surface area (Å²) >= 11 is 7.74. The Hall–Kier alpha value is -2.63. The molecule has 3 aromatic rings. The number of hydrogen-bond donors (Lipinski definition) is 0. The van der Waals surface area contributed by atoms with Crippen LogP contribution in [0.25, 0.3) is 10.6 Å². The lowest BCUT2D eigenvalue weighted by molar-refractivity contribution is 0.0975. The minimum absolute atomic E-state index is 0.0415. The molecule has 0 aliphatic heterocycles. The average molecular weight is 367 g/mol. The van der Waals surface area contributed by atoms with Crippen molar-refractivity contribution < 1.29 is 9.59 Å². The zero-order valence-corrected chi connectivity index (χ0v) is 14.5. The fraction of sp³-hybridized carbons (Fsp3) is 0.0526. The molecule has 1 aliphatic carbocycles. The van der Waals surface area contributed by atoms with Crippen LogP contribution in [0.1, 0.15) is 26.4 Å². The number of thiazole rings is 1. The number of carbonyl (C=O) groups is 2. The maximum Gasteiger partial charge on any atom is 0.223 e. The van der Waals surface area contributed by atoms with Crippen molar-refractivity contribution in [3.05, 3.63) is 81.6 Å². The highest BCUT2D eigenvalue weighted by Crippen LogP contribution is 2.30. The van der Waals surface area contributed by atoms with Crippen molar-refractivity contribution in [2.75, 3.05) is 0 Å². The maximum atomic E-state index is 12.7. The Labute approximate surface area is 152 Å². The summed E-state index contributed by atoms with van der Waals surface area (Å²) in [6, 6.07) is 11.0. The molecule has 0 saturated heterocycles. The number of nitrogens with zero attached hydrogens (tertiary/aromatic N) is 2. The minimum Gasteiger partial charge on any atom is -0.289 e. The molecule has 2 heterocycles. The summed E-state index contributed by atoms with van der Waals surface area (Å²) < 4.78 is 0. The van der Waals surface area contributed by atoms with Gasteiger partial charge in [-0.2, -0.15) is 0 Å². The monoisotopic (exact) mass is 366 g/mol. The van der Waals surface area contributed by atoms with Crippen LogP contribution in [0.4, 0.5) is 0 Å². The van der Waals surface area contributed by atoms with Crippen LogP contribution in [0, 0.1) is 0 Å². The lowest BCUT2D eigenvalue weighted by Crippen LogP contribution is -2.22. The number of Topliss-reactive ketones (excluding diaryl/α,β-unsaturated/α-hetero) is 2. The molecule has 122 valence electrons. The molecule has 0 atom stereocenters. The molecular weight excluding hydrogens is 356 g/mol.